The molecule has 0 aromatic heterocycles. The lowest BCUT2D eigenvalue weighted by atomic mass is 9.79. The highest BCUT2D eigenvalue weighted by Gasteiger charge is 2.38. The second kappa shape index (κ2) is 5.01. The average molecular weight is 288 g/mol. The van der Waals surface area contributed by atoms with Crippen molar-refractivity contribution in [2.24, 2.45) is 0 Å². The molecule has 0 spiro atoms. The van der Waals surface area contributed by atoms with E-state index in [0.29, 0.717) is 17.5 Å². The predicted molar refractivity (Wildman–Crippen MR) is 79.1 cm³/mol. The van der Waals surface area contributed by atoms with E-state index in [-0.39, 0.29) is 17.1 Å². The highest BCUT2D eigenvalue weighted by Crippen LogP contribution is 2.29. The van der Waals surface area contributed by atoms with Crippen LogP contribution in [0, 0.1) is 0 Å². The van der Waals surface area contributed by atoms with Gasteiger partial charge < -0.3 is 10.6 Å². The van der Waals surface area contributed by atoms with E-state index < -0.39 is 9.84 Å². The van der Waals surface area contributed by atoms with Crippen molar-refractivity contribution in [2.75, 3.05) is 11.5 Å². The molecule has 0 aliphatic carbocycles. The monoisotopic (exact) mass is 288 g/mol. The van der Waals surface area contributed by atoms with Gasteiger partial charge in [0, 0.05) is 23.2 Å². The van der Waals surface area contributed by atoms with Crippen molar-refractivity contribution in [3.63, 3.8) is 0 Å². The minimum absolute atomic E-state index is 0.104. The normalized spacial score (nSPS) is 34.0. The van der Waals surface area contributed by atoms with Crippen molar-refractivity contribution in [2.45, 2.75) is 76.5 Å². The fourth-order valence-corrected chi connectivity index (χ4v) is 5.58. The summed E-state index contributed by atoms with van der Waals surface area (Å²) in [6, 6.07) is 0.554. The molecule has 1 unspecified atom stereocenters. The number of hydrogen-bond acceptors (Lipinski definition) is 4. The van der Waals surface area contributed by atoms with Gasteiger partial charge in [0.25, 0.3) is 0 Å². The molecule has 19 heavy (non-hydrogen) atoms. The van der Waals surface area contributed by atoms with Crippen LogP contribution >= 0.6 is 0 Å². The van der Waals surface area contributed by atoms with Crippen LogP contribution in [0.2, 0.25) is 0 Å². The van der Waals surface area contributed by atoms with Crippen LogP contribution < -0.4 is 10.6 Å². The van der Waals surface area contributed by atoms with Crippen molar-refractivity contribution < 1.29 is 8.42 Å². The molecule has 2 heterocycles. The molecule has 5 heteroatoms. The molecule has 2 aliphatic heterocycles. The van der Waals surface area contributed by atoms with Gasteiger partial charge in [-0.05, 0) is 53.4 Å². The van der Waals surface area contributed by atoms with Crippen molar-refractivity contribution in [1.82, 2.24) is 10.6 Å². The highest BCUT2D eigenvalue weighted by atomic mass is 32.2. The number of sulfone groups is 1. The Hall–Kier alpha value is -0.130. The molecule has 0 bridgehead atoms. The molecule has 2 aliphatic rings. The second-order valence-corrected chi connectivity index (χ2v) is 9.85. The molecule has 2 saturated heterocycles. The van der Waals surface area contributed by atoms with Gasteiger partial charge in [0.2, 0.25) is 0 Å². The summed E-state index contributed by atoms with van der Waals surface area (Å²) < 4.78 is 23.4. The lowest BCUT2D eigenvalue weighted by molar-refractivity contribution is 0.140. The molecule has 0 amide bonds. The summed E-state index contributed by atoms with van der Waals surface area (Å²) in [6.45, 7) is 8.89. The Labute approximate surface area is 117 Å². The summed E-state index contributed by atoms with van der Waals surface area (Å²) in [5.74, 6) is 0.687. The highest BCUT2D eigenvalue weighted by molar-refractivity contribution is 7.91. The first kappa shape index (κ1) is 15.3. The van der Waals surface area contributed by atoms with Crippen LogP contribution in [0.3, 0.4) is 0 Å². The maximum atomic E-state index is 11.7. The van der Waals surface area contributed by atoms with Gasteiger partial charge in [-0.25, -0.2) is 8.42 Å². The van der Waals surface area contributed by atoms with E-state index in [1.165, 1.54) is 0 Å². The first-order valence-electron chi connectivity index (χ1n) is 7.33. The van der Waals surface area contributed by atoms with Crippen LogP contribution in [-0.4, -0.2) is 43.1 Å². The lowest BCUT2D eigenvalue weighted by Gasteiger charge is -2.47. The standard InChI is InChI=1S/C14H28N2O2S/c1-13(2)8-12(9-14(3,4)16-13)15-11-6-5-7-19(17,18)10-11/h11-12,15-16H,5-10H2,1-4H3. The Morgan fingerprint density at radius 1 is 1.05 bits per heavy atom. The van der Waals surface area contributed by atoms with Crippen LogP contribution in [0.5, 0.6) is 0 Å². The van der Waals surface area contributed by atoms with Gasteiger partial charge in [-0.1, -0.05) is 0 Å². The Bertz CT molecular complexity index is 413. The smallest absolute Gasteiger partial charge is 0.151 e. The van der Waals surface area contributed by atoms with E-state index in [9.17, 15) is 8.42 Å². The number of hydrogen-bond donors (Lipinski definition) is 2. The van der Waals surface area contributed by atoms with Crippen LogP contribution in [0.4, 0.5) is 0 Å². The molecule has 2 fully saturated rings. The van der Waals surface area contributed by atoms with Gasteiger partial charge in [-0.2, -0.15) is 0 Å². The summed E-state index contributed by atoms with van der Waals surface area (Å²) >= 11 is 0. The third-order valence-corrected chi connectivity index (χ3v) is 5.95. The summed E-state index contributed by atoms with van der Waals surface area (Å²) in [4.78, 5) is 0. The van der Waals surface area contributed by atoms with E-state index in [0.717, 1.165) is 25.7 Å². The van der Waals surface area contributed by atoms with E-state index in [4.69, 9.17) is 0 Å². The lowest BCUT2D eigenvalue weighted by Crippen LogP contribution is -2.63. The zero-order chi connectivity index (χ0) is 14.3. The summed E-state index contributed by atoms with van der Waals surface area (Å²) in [5.41, 5.74) is 0.208. The maximum absolute atomic E-state index is 11.7. The minimum atomic E-state index is -2.82. The van der Waals surface area contributed by atoms with Gasteiger partial charge >= 0.3 is 0 Å². The third kappa shape index (κ3) is 4.43. The Morgan fingerprint density at radius 3 is 2.16 bits per heavy atom. The number of piperidine rings is 1. The number of rotatable bonds is 2. The van der Waals surface area contributed by atoms with Crippen molar-refractivity contribution in [1.29, 1.82) is 0 Å². The van der Waals surface area contributed by atoms with Gasteiger partial charge in [-0.3, -0.25) is 0 Å². The van der Waals surface area contributed by atoms with Gasteiger partial charge in [0.15, 0.2) is 9.84 Å². The molecule has 4 nitrogen and oxygen atoms in total. The molecule has 0 aromatic carbocycles. The first-order valence-corrected chi connectivity index (χ1v) is 9.15. The summed E-state index contributed by atoms with van der Waals surface area (Å²) in [5, 5.41) is 7.26. The average Bonchev–Trinajstić information content (AvgIpc) is 2.09. The van der Waals surface area contributed by atoms with E-state index in [1.807, 2.05) is 0 Å². The van der Waals surface area contributed by atoms with Crippen LogP contribution in [0.15, 0.2) is 0 Å². The first-order chi connectivity index (χ1) is 8.57. The molecule has 0 radical (unpaired) electrons. The fourth-order valence-electron chi connectivity index (χ4n) is 3.93. The van der Waals surface area contributed by atoms with E-state index >= 15 is 0 Å². The van der Waals surface area contributed by atoms with Crippen LogP contribution in [0.25, 0.3) is 0 Å². The predicted octanol–water partition coefficient (Wildman–Crippen LogP) is 1.46. The molecular weight excluding hydrogens is 260 g/mol. The topological polar surface area (TPSA) is 58.2 Å². The molecule has 0 saturated carbocycles. The Morgan fingerprint density at radius 2 is 1.63 bits per heavy atom. The SMILES string of the molecule is CC1(C)CC(NC2CCCS(=O)(=O)C2)CC(C)(C)N1. The molecule has 0 aromatic rings. The summed E-state index contributed by atoms with van der Waals surface area (Å²) in [7, 11) is -2.82. The van der Waals surface area contributed by atoms with E-state index in [1.54, 1.807) is 0 Å². The Kier molecular flexibility index (Phi) is 4.02. The quantitative estimate of drug-likeness (QED) is 0.808. The van der Waals surface area contributed by atoms with Crippen molar-refractivity contribution in [3.05, 3.63) is 0 Å². The van der Waals surface area contributed by atoms with Gasteiger partial charge in [0.05, 0.1) is 11.5 Å². The van der Waals surface area contributed by atoms with Gasteiger partial charge in [0.1, 0.15) is 0 Å². The molecule has 112 valence electrons. The molecular formula is C14H28N2O2S. The van der Waals surface area contributed by atoms with Crippen molar-refractivity contribution >= 4 is 9.84 Å². The van der Waals surface area contributed by atoms with Crippen LogP contribution in [-0.2, 0) is 9.84 Å². The third-order valence-electron chi connectivity index (χ3n) is 4.12. The zero-order valence-corrected chi connectivity index (χ0v) is 13.4. The van der Waals surface area contributed by atoms with Gasteiger partial charge in [-0.15, -0.1) is 0 Å². The van der Waals surface area contributed by atoms with E-state index in [2.05, 4.69) is 38.3 Å². The van der Waals surface area contributed by atoms with Crippen molar-refractivity contribution in [3.8, 4) is 0 Å². The number of nitrogens with one attached hydrogen (secondary N) is 2. The molecule has 1 atom stereocenters. The molecule has 2 rings (SSSR count). The fraction of sp³-hybridized carbons (Fsp3) is 1.00. The molecule has 2 N–H and O–H groups in total. The largest absolute Gasteiger partial charge is 0.310 e. The Balaban J connectivity index is 1.99. The minimum Gasteiger partial charge on any atom is -0.310 e. The maximum Gasteiger partial charge on any atom is 0.151 e. The zero-order valence-electron chi connectivity index (χ0n) is 12.6. The second-order valence-electron chi connectivity index (χ2n) is 7.62. The van der Waals surface area contributed by atoms with Crippen LogP contribution in [0.1, 0.15) is 53.4 Å². The summed E-state index contributed by atoms with van der Waals surface area (Å²) in [6.07, 6.45) is 3.89.